The molecule has 0 amide bonds. The molecule has 0 bridgehead atoms. The predicted octanol–water partition coefficient (Wildman–Crippen LogP) is 5.37. The highest BCUT2D eigenvalue weighted by molar-refractivity contribution is 8.13. The van der Waals surface area contributed by atoms with Crippen molar-refractivity contribution in [3.05, 3.63) is 72.3 Å². The van der Waals surface area contributed by atoms with Gasteiger partial charge < -0.3 is 10.4 Å². The second-order valence-electron chi connectivity index (χ2n) is 5.79. The van der Waals surface area contributed by atoms with Gasteiger partial charge in [0, 0.05) is 6.42 Å². The molecule has 3 aromatic rings. The van der Waals surface area contributed by atoms with E-state index in [1.165, 1.54) is 11.8 Å². The van der Waals surface area contributed by atoms with E-state index in [1.54, 1.807) is 12.1 Å². The van der Waals surface area contributed by atoms with Crippen LogP contribution >= 0.6 is 11.8 Å². The summed E-state index contributed by atoms with van der Waals surface area (Å²) in [7, 11) is 0. The molecule has 25 heavy (non-hydrogen) atoms. The van der Waals surface area contributed by atoms with Crippen molar-refractivity contribution in [3.63, 3.8) is 0 Å². The molecule has 0 radical (unpaired) electrons. The van der Waals surface area contributed by atoms with Crippen LogP contribution in [0.15, 0.2) is 66.7 Å². The lowest BCUT2D eigenvalue weighted by atomic mass is 9.96. The first-order chi connectivity index (χ1) is 12.2. The van der Waals surface area contributed by atoms with Gasteiger partial charge in [-0.2, -0.15) is 0 Å². The molecule has 0 fully saturated rings. The quantitative estimate of drug-likeness (QED) is 0.586. The minimum Gasteiger partial charge on any atom is -0.506 e. The van der Waals surface area contributed by atoms with Crippen molar-refractivity contribution in [2.75, 3.05) is 11.1 Å². The molecule has 1 atom stereocenters. The van der Waals surface area contributed by atoms with E-state index in [0.29, 0.717) is 12.1 Å². The van der Waals surface area contributed by atoms with E-state index >= 15 is 0 Å². The highest BCUT2D eigenvalue weighted by atomic mass is 32.2. The average Bonchev–Trinajstić information content (AvgIpc) is 2.63. The van der Waals surface area contributed by atoms with Crippen LogP contribution in [0.1, 0.15) is 24.9 Å². The zero-order chi connectivity index (χ0) is 17.6. The molecule has 0 saturated carbocycles. The molecule has 0 aliphatic heterocycles. The number of hydrogen-bond donors (Lipinski definition) is 2. The molecule has 0 saturated heterocycles. The number of benzene rings is 3. The van der Waals surface area contributed by atoms with Gasteiger partial charge in [-0.15, -0.1) is 0 Å². The summed E-state index contributed by atoms with van der Waals surface area (Å²) in [6.07, 6.45) is 0.362. The Morgan fingerprint density at radius 3 is 2.56 bits per heavy atom. The number of nitrogens with one attached hydrogen (secondary N) is 1. The first-order valence-electron chi connectivity index (χ1n) is 8.37. The Labute approximate surface area is 152 Å². The molecule has 3 nitrogen and oxygen atoms in total. The first kappa shape index (κ1) is 17.4. The summed E-state index contributed by atoms with van der Waals surface area (Å²) >= 11 is 1.33. The second kappa shape index (κ2) is 8.08. The van der Waals surface area contributed by atoms with E-state index in [1.807, 2.05) is 43.3 Å². The molecule has 0 aliphatic rings. The Morgan fingerprint density at radius 2 is 1.76 bits per heavy atom. The molecule has 0 aliphatic carbocycles. The predicted molar refractivity (Wildman–Crippen MR) is 106 cm³/mol. The molecule has 3 aromatic carbocycles. The van der Waals surface area contributed by atoms with Crippen molar-refractivity contribution in [1.82, 2.24) is 0 Å². The van der Waals surface area contributed by atoms with Crippen molar-refractivity contribution >= 4 is 33.3 Å². The summed E-state index contributed by atoms with van der Waals surface area (Å²) in [6, 6.07) is 21.2. The van der Waals surface area contributed by atoms with Gasteiger partial charge in [0.05, 0.1) is 11.7 Å². The van der Waals surface area contributed by atoms with E-state index < -0.39 is 0 Å². The van der Waals surface area contributed by atoms with Crippen LogP contribution in [0.4, 0.5) is 5.69 Å². The maximum atomic E-state index is 12.3. The van der Waals surface area contributed by atoms with E-state index in [-0.39, 0.29) is 16.9 Å². The maximum absolute atomic E-state index is 12.3. The Hall–Kier alpha value is -2.46. The maximum Gasteiger partial charge on any atom is 0.191 e. The molecular weight excluding hydrogens is 330 g/mol. The Kier molecular flexibility index (Phi) is 5.61. The Bertz CT molecular complexity index is 873. The number of rotatable bonds is 6. The van der Waals surface area contributed by atoms with Crippen LogP contribution in [0.25, 0.3) is 10.8 Å². The number of carbonyl (C=O) groups excluding carboxylic acids is 1. The average molecular weight is 351 g/mol. The third-order valence-corrected chi connectivity index (χ3v) is 4.89. The van der Waals surface area contributed by atoms with Crippen LogP contribution in [0, 0.1) is 0 Å². The lowest BCUT2D eigenvalue weighted by Gasteiger charge is -2.22. The summed E-state index contributed by atoms with van der Waals surface area (Å²) in [6.45, 7) is 1.98. The number of carbonyl (C=O) groups is 1. The summed E-state index contributed by atoms with van der Waals surface area (Å²) in [4.78, 5) is 12.3. The van der Waals surface area contributed by atoms with Gasteiger partial charge in [-0.05, 0) is 34.2 Å². The number of hydrogen-bond acceptors (Lipinski definition) is 4. The third-order valence-electron chi connectivity index (χ3n) is 4.11. The minimum atomic E-state index is -0.203. The van der Waals surface area contributed by atoms with Crippen molar-refractivity contribution in [2.45, 2.75) is 19.4 Å². The molecule has 2 N–H and O–H groups in total. The van der Waals surface area contributed by atoms with Crippen LogP contribution < -0.4 is 5.32 Å². The van der Waals surface area contributed by atoms with Gasteiger partial charge in [-0.3, -0.25) is 4.79 Å². The molecule has 0 spiro atoms. The van der Waals surface area contributed by atoms with E-state index in [4.69, 9.17) is 0 Å². The van der Waals surface area contributed by atoms with Gasteiger partial charge in [-0.1, -0.05) is 73.3 Å². The molecule has 0 aromatic heterocycles. The molecule has 3 rings (SSSR count). The Morgan fingerprint density at radius 1 is 1.04 bits per heavy atom. The smallest absolute Gasteiger partial charge is 0.191 e. The van der Waals surface area contributed by atoms with Gasteiger partial charge in [0.25, 0.3) is 0 Å². The topological polar surface area (TPSA) is 49.3 Å². The fourth-order valence-corrected chi connectivity index (χ4v) is 3.57. The standard InChI is InChI=1S/C21H21NO2S/c1-2-25-21(24)14-19(22-18-12-5-6-13-20(18)23)17-11-7-9-15-8-3-4-10-16(15)17/h3-13,19,22-23H,2,14H2,1H3/t19-/m0/s1. The Balaban J connectivity index is 2.00. The summed E-state index contributed by atoms with van der Waals surface area (Å²) in [5.41, 5.74) is 1.70. The molecule has 128 valence electrons. The second-order valence-corrected chi connectivity index (χ2v) is 7.11. The fourth-order valence-electron chi connectivity index (χ4n) is 2.96. The number of aromatic hydroxyl groups is 1. The van der Waals surface area contributed by atoms with E-state index in [0.717, 1.165) is 22.1 Å². The van der Waals surface area contributed by atoms with Crippen LogP contribution in [0.2, 0.25) is 0 Å². The van der Waals surface area contributed by atoms with Crippen molar-refractivity contribution < 1.29 is 9.90 Å². The number of anilines is 1. The number of para-hydroxylation sites is 2. The fraction of sp³-hybridized carbons (Fsp3) is 0.190. The highest BCUT2D eigenvalue weighted by Gasteiger charge is 2.19. The lowest BCUT2D eigenvalue weighted by molar-refractivity contribution is -0.111. The molecule has 0 unspecified atom stereocenters. The normalized spacial score (nSPS) is 12.0. The first-order valence-corrected chi connectivity index (χ1v) is 9.35. The summed E-state index contributed by atoms with van der Waals surface area (Å²) in [5, 5.41) is 15.9. The highest BCUT2D eigenvalue weighted by Crippen LogP contribution is 2.33. The zero-order valence-corrected chi connectivity index (χ0v) is 14.9. The molecule has 4 heteroatoms. The molecule has 0 heterocycles. The van der Waals surface area contributed by atoms with Gasteiger partial charge >= 0.3 is 0 Å². The van der Waals surface area contributed by atoms with Gasteiger partial charge in [0.2, 0.25) is 0 Å². The number of fused-ring (bicyclic) bond motifs is 1. The number of phenols is 1. The summed E-state index contributed by atoms with van der Waals surface area (Å²) < 4.78 is 0. The van der Waals surface area contributed by atoms with Crippen molar-refractivity contribution in [3.8, 4) is 5.75 Å². The van der Waals surface area contributed by atoms with Crippen LogP contribution in [-0.4, -0.2) is 16.0 Å². The monoisotopic (exact) mass is 351 g/mol. The van der Waals surface area contributed by atoms with Gasteiger partial charge in [0.1, 0.15) is 5.75 Å². The number of phenolic OH excluding ortho intramolecular Hbond substituents is 1. The summed E-state index contributed by atoms with van der Waals surface area (Å²) in [5.74, 6) is 0.945. The largest absolute Gasteiger partial charge is 0.506 e. The van der Waals surface area contributed by atoms with Gasteiger partial charge in [-0.25, -0.2) is 0 Å². The van der Waals surface area contributed by atoms with Crippen LogP contribution in [0.3, 0.4) is 0 Å². The van der Waals surface area contributed by atoms with E-state index in [9.17, 15) is 9.90 Å². The van der Waals surface area contributed by atoms with Crippen LogP contribution in [0.5, 0.6) is 5.75 Å². The minimum absolute atomic E-state index is 0.142. The lowest BCUT2D eigenvalue weighted by Crippen LogP contribution is -2.15. The zero-order valence-electron chi connectivity index (χ0n) is 14.1. The molecular formula is C21H21NO2S. The SMILES string of the molecule is CCSC(=O)C[C@H](Nc1ccccc1O)c1cccc2ccccc12. The van der Waals surface area contributed by atoms with Crippen molar-refractivity contribution in [2.24, 2.45) is 0 Å². The van der Waals surface area contributed by atoms with Crippen LogP contribution in [-0.2, 0) is 4.79 Å². The van der Waals surface area contributed by atoms with E-state index in [2.05, 4.69) is 23.5 Å². The van der Waals surface area contributed by atoms with Crippen molar-refractivity contribution in [1.29, 1.82) is 0 Å². The third kappa shape index (κ3) is 4.15. The van der Waals surface area contributed by atoms with Gasteiger partial charge in [0.15, 0.2) is 5.12 Å². The number of thioether (sulfide) groups is 1.